The van der Waals surface area contributed by atoms with Crippen molar-refractivity contribution < 1.29 is 14.3 Å². The Balaban J connectivity index is 1.51. The van der Waals surface area contributed by atoms with E-state index in [1.165, 1.54) is 10.9 Å². The molecule has 1 aliphatic rings. The molecule has 0 saturated heterocycles. The number of hydrazone groups is 1. The van der Waals surface area contributed by atoms with Gasteiger partial charge in [0.2, 0.25) is 11.9 Å². The van der Waals surface area contributed by atoms with E-state index in [1.807, 2.05) is 48.5 Å². The molecule has 1 unspecified atom stereocenters. The number of nitrogens with zero attached hydrogens (tertiary/aromatic N) is 3. The van der Waals surface area contributed by atoms with E-state index in [4.69, 9.17) is 11.6 Å². The average molecular weight is 341 g/mol. The Morgan fingerprint density at radius 1 is 1.21 bits per heavy atom. The van der Waals surface area contributed by atoms with Crippen LogP contribution >= 0.6 is 11.6 Å². The number of benzene rings is 2. The normalized spacial score (nSPS) is 16.7. The molecule has 2 heterocycles. The van der Waals surface area contributed by atoms with Gasteiger partial charge in [-0.15, -0.1) is 0 Å². The molecule has 0 amide bonds. The molecule has 1 N–H and O–H groups in total. The summed E-state index contributed by atoms with van der Waals surface area (Å²) in [5.41, 5.74) is 7.01. The van der Waals surface area contributed by atoms with E-state index in [9.17, 15) is 5.11 Å². The SMILES string of the molecule is [O-]c1c[n+](-c2ccc(C3=NNC(c4cccc(Cl)c4)C3)cc2)no1. The van der Waals surface area contributed by atoms with Crippen molar-refractivity contribution in [1.82, 2.24) is 10.7 Å². The third-order valence-electron chi connectivity index (χ3n) is 3.92. The van der Waals surface area contributed by atoms with Crippen molar-refractivity contribution in [2.45, 2.75) is 12.5 Å². The van der Waals surface area contributed by atoms with Crippen LogP contribution in [0.15, 0.2) is 64.4 Å². The van der Waals surface area contributed by atoms with Crippen molar-refractivity contribution in [3.8, 4) is 11.6 Å². The Bertz CT molecular complexity index is 905. The molecule has 0 aliphatic carbocycles. The largest absolute Gasteiger partial charge is 0.539 e. The molecule has 2 aromatic carbocycles. The minimum Gasteiger partial charge on any atom is -0.539 e. The lowest BCUT2D eigenvalue weighted by Gasteiger charge is -2.10. The van der Waals surface area contributed by atoms with Gasteiger partial charge in [0, 0.05) is 23.6 Å². The molecule has 0 fully saturated rings. The van der Waals surface area contributed by atoms with E-state index in [0.29, 0.717) is 0 Å². The molecule has 0 saturated carbocycles. The second kappa shape index (κ2) is 5.98. The summed E-state index contributed by atoms with van der Waals surface area (Å²) in [5.74, 6) is -0.479. The zero-order valence-electron chi connectivity index (χ0n) is 12.5. The Morgan fingerprint density at radius 3 is 2.75 bits per heavy atom. The summed E-state index contributed by atoms with van der Waals surface area (Å²) in [7, 11) is 0. The highest BCUT2D eigenvalue weighted by Crippen LogP contribution is 2.26. The van der Waals surface area contributed by atoms with Crippen molar-refractivity contribution in [3.05, 3.63) is 70.9 Å². The van der Waals surface area contributed by atoms with Crippen molar-refractivity contribution >= 4 is 17.3 Å². The second-order valence-corrected chi connectivity index (χ2v) is 5.95. The van der Waals surface area contributed by atoms with Gasteiger partial charge in [-0.05, 0) is 40.1 Å². The lowest BCUT2D eigenvalue weighted by atomic mass is 9.99. The van der Waals surface area contributed by atoms with Gasteiger partial charge in [0.25, 0.3) is 0 Å². The fourth-order valence-corrected chi connectivity index (χ4v) is 2.90. The van der Waals surface area contributed by atoms with Crippen LogP contribution in [0.2, 0.25) is 5.02 Å². The molecular formula is C17H13ClN4O2. The molecule has 1 aliphatic heterocycles. The number of hydrogen-bond donors (Lipinski definition) is 1. The maximum Gasteiger partial charge on any atom is 0.239 e. The van der Waals surface area contributed by atoms with Crippen molar-refractivity contribution in [1.29, 1.82) is 0 Å². The third kappa shape index (κ3) is 2.83. The van der Waals surface area contributed by atoms with E-state index in [-0.39, 0.29) is 6.04 Å². The molecule has 1 aromatic heterocycles. The number of aromatic nitrogens is 2. The molecule has 1 atom stereocenters. The molecule has 4 rings (SSSR count). The molecule has 0 bridgehead atoms. The topological polar surface area (TPSA) is 77.4 Å². The highest BCUT2D eigenvalue weighted by molar-refractivity contribution is 6.30. The molecule has 6 nitrogen and oxygen atoms in total. The van der Waals surface area contributed by atoms with Crippen LogP contribution in [0.5, 0.6) is 5.95 Å². The summed E-state index contributed by atoms with van der Waals surface area (Å²) in [6.07, 6.45) is 2.07. The fraction of sp³-hybridized carbons (Fsp3) is 0.118. The maximum absolute atomic E-state index is 11.0. The van der Waals surface area contributed by atoms with Crippen LogP contribution in [0.3, 0.4) is 0 Å². The average Bonchev–Trinajstić information content (AvgIpc) is 3.24. The van der Waals surface area contributed by atoms with Crippen LogP contribution in [0.4, 0.5) is 0 Å². The zero-order valence-corrected chi connectivity index (χ0v) is 13.3. The highest BCUT2D eigenvalue weighted by atomic mass is 35.5. The third-order valence-corrected chi connectivity index (χ3v) is 4.15. The summed E-state index contributed by atoms with van der Waals surface area (Å²) >= 11 is 6.05. The number of rotatable bonds is 3. The van der Waals surface area contributed by atoms with Crippen LogP contribution in [0.1, 0.15) is 23.6 Å². The lowest BCUT2D eigenvalue weighted by Crippen LogP contribution is -2.31. The van der Waals surface area contributed by atoms with Crippen molar-refractivity contribution in [3.63, 3.8) is 0 Å². The molecule has 3 aromatic rings. The highest BCUT2D eigenvalue weighted by Gasteiger charge is 2.21. The van der Waals surface area contributed by atoms with Crippen LogP contribution in [0, 0.1) is 0 Å². The molecule has 120 valence electrons. The maximum atomic E-state index is 11.0. The first kappa shape index (κ1) is 14.7. The van der Waals surface area contributed by atoms with Gasteiger partial charge >= 0.3 is 0 Å². The van der Waals surface area contributed by atoms with Gasteiger partial charge in [-0.25, -0.2) is 0 Å². The van der Waals surface area contributed by atoms with Gasteiger partial charge in [0.15, 0.2) is 0 Å². The quantitative estimate of drug-likeness (QED) is 0.741. The monoisotopic (exact) mass is 340 g/mol. The van der Waals surface area contributed by atoms with E-state index in [2.05, 4.69) is 20.3 Å². The van der Waals surface area contributed by atoms with Crippen molar-refractivity contribution in [2.75, 3.05) is 0 Å². The molecule has 7 heteroatoms. The Kier molecular flexibility index (Phi) is 3.66. The van der Waals surface area contributed by atoms with Gasteiger partial charge in [-0.2, -0.15) is 5.10 Å². The first-order chi connectivity index (χ1) is 11.7. The number of hydrogen-bond acceptors (Lipinski definition) is 5. The smallest absolute Gasteiger partial charge is 0.239 e. The Morgan fingerprint density at radius 2 is 2.04 bits per heavy atom. The summed E-state index contributed by atoms with van der Waals surface area (Å²) in [5, 5.41) is 19.8. The van der Waals surface area contributed by atoms with Gasteiger partial charge in [-0.3, -0.25) is 0 Å². The summed E-state index contributed by atoms with van der Waals surface area (Å²) in [4.78, 5) is 0. The number of halogens is 1. The van der Waals surface area contributed by atoms with E-state index >= 15 is 0 Å². The Hall–Kier alpha value is -2.86. The minimum absolute atomic E-state index is 0.117. The van der Waals surface area contributed by atoms with Crippen LogP contribution in [-0.4, -0.2) is 11.0 Å². The first-order valence-electron chi connectivity index (χ1n) is 7.43. The molecule has 24 heavy (non-hydrogen) atoms. The van der Waals surface area contributed by atoms with Crippen LogP contribution < -0.4 is 15.2 Å². The van der Waals surface area contributed by atoms with Gasteiger partial charge in [-0.1, -0.05) is 23.7 Å². The zero-order chi connectivity index (χ0) is 16.5. The minimum atomic E-state index is -0.479. The van der Waals surface area contributed by atoms with Crippen molar-refractivity contribution in [2.24, 2.45) is 5.10 Å². The fourth-order valence-electron chi connectivity index (χ4n) is 2.70. The van der Waals surface area contributed by atoms with Gasteiger partial charge < -0.3 is 15.1 Å². The van der Waals surface area contributed by atoms with E-state index in [1.54, 1.807) is 0 Å². The molecule has 0 radical (unpaired) electrons. The first-order valence-corrected chi connectivity index (χ1v) is 7.81. The summed E-state index contributed by atoms with van der Waals surface area (Å²) in [6, 6.07) is 15.5. The van der Waals surface area contributed by atoms with Gasteiger partial charge in [0.1, 0.15) is 5.95 Å². The predicted octanol–water partition coefficient (Wildman–Crippen LogP) is 2.12. The van der Waals surface area contributed by atoms with Crippen LogP contribution in [-0.2, 0) is 0 Å². The predicted molar refractivity (Wildman–Crippen MR) is 86.0 cm³/mol. The second-order valence-electron chi connectivity index (χ2n) is 5.51. The number of nitrogens with one attached hydrogen (secondary N) is 1. The standard InChI is InChI=1S/C17H13ClN4O2/c18-13-3-1-2-12(8-13)16-9-15(19-20-16)11-4-6-14(7-5-11)22-10-17(23)24-21-22/h1-8,10,16H,9H2,(H-,20,21,23). The summed E-state index contributed by atoms with van der Waals surface area (Å²) in [6.45, 7) is 0. The Labute approximate surface area is 143 Å². The van der Waals surface area contributed by atoms with E-state index in [0.717, 1.165) is 34.0 Å². The van der Waals surface area contributed by atoms with E-state index < -0.39 is 5.95 Å². The molecule has 0 spiro atoms. The van der Waals surface area contributed by atoms with Crippen LogP contribution in [0.25, 0.3) is 5.69 Å². The molecular weight excluding hydrogens is 328 g/mol. The summed E-state index contributed by atoms with van der Waals surface area (Å²) < 4.78 is 5.93. The lowest BCUT2D eigenvalue weighted by molar-refractivity contribution is -0.670. The van der Waals surface area contributed by atoms with Gasteiger partial charge in [0.05, 0.1) is 17.0 Å².